The second kappa shape index (κ2) is 4.94. The molecule has 1 aromatic carbocycles. The number of methoxy groups -OCH3 is 2. The van der Waals surface area contributed by atoms with Crippen molar-refractivity contribution in [3.05, 3.63) is 24.3 Å². The lowest BCUT2D eigenvalue weighted by Gasteiger charge is -2.47. The Morgan fingerprint density at radius 1 is 1.41 bits per heavy atom. The number of anilines is 1. The molecule has 1 saturated carbocycles. The van der Waals surface area contributed by atoms with Crippen LogP contribution in [0.2, 0.25) is 0 Å². The monoisotopic (exact) mass is 236 g/mol. The van der Waals surface area contributed by atoms with Crippen LogP contribution in [-0.2, 0) is 4.74 Å². The third-order valence-corrected chi connectivity index (χ3v) is 3.44. The first-order valence-corrected chi connectivity index (χ1v) is 5.86. The van der Waals surface area contributed by atoms with Gasteiger partial charge in [-0.05, 0) is 25.0 Å². The summed E-state index contributed by atoms with van der Waals surface area (Å²) < 4.78 is 10.5. The van der Waals surface area contributed by atoms with Crippen LogP contribution in [0.25, 0.3) is 0 Å². The van der Waals surface area contributed by atoms with Gasteiger partial charge in [-0.2, -0.15) is 0 Å². The van der Waals surface area contributed by atoms with Crippen molar-refractivity contribution in [1.82, 2.24) is 0 Å². The van der Waals surface area contributed by atoms with Gasteiger partial charge in [0, 0.05) is 25.4 Å². The first-order chi connectivity index (χ1) is 8.21. The Bertz CT molecular complexity index is 375. The van der Waals surface area contributed by atoms with E-state index in [4.69, 9.17) is 15.2 Å². The highest BCUT2D eigenvalue weighted by Crippen LogP contribution is 2.37. The molecule has 0 aromatic heterocycles. The van der Waals surface area contributed by atoms with Gasteiger partial charge in [0.05, 0.1) is 18.8 Å². The summed E-state index contributed by atoms with van der Waals surface area (Å²) in [5.74, 6) is 0.852. The van der Waals surface area contributed by atoms with Crippen LogP contribution in [0.15, 0.2) is 24.3 Å². The number of ether oxygens (including phenoxy) is 2. The fourth-order valence-electron chi connectivity index (χ4n) is 2.31. The Morgan fingerprint density at radius 3 is 2.76 bits per heavy atom. The summed E-state index contributed by atoms with van der Waals surface area (Å²) in [6, 6.07) is 7.91. The zero-order valence-corrected chi connectivity index (χ0v) is 10.4. The average molecular weight is 236 g/mol. The predicted octanol–water partition coefficient (Wildman–Crippen LogP) is 1.61. The lowest BCUT2D eigenvalue weighted by atomic mass is 9.74. The summed E-state index contributed by atoms with van der Waals surface area (Å²) in [5, 5.41) is 3.50. The highest BCUT2D eigenvalue weighted by Gasteiger charge is 2.43. The summed E-state index contributed by atoms with van der Waals surface area (Å²) in [7, 11) is 3.42. The number of nitrogens with two attached hydrogens (primary N) is 1. The van der Waals surface area contributed by atoms with Crippen LogP contribution in [0.4, 0.5) is 5.69 Å². The molecule has 4 heteroatoms. The van der Waals surface area contributed by atoms with Gasteiger partial charge >= 0.3 is 0 Å². The van der Waals surface area contributed by atoms with E-state index in [2.05, 4.69) is 5.32 Å². The molecule has 0 aliphatic heterocycles. The lowest BCUT2D eigenvalue weighted by Crippen LogP contribution is -2.58. The molecule has 0 heterocycles. The first kappa shape index (κ1) is 12.2. The fraction of sp³-hybridized carbons (Fsp3) is 0.538. The normalized spacial score (nSPS) is 27.4. The zero-order valence-electron chi connectivity index (χ0n) is 10.4. The lowest BCUT2D eigenvalue weighted by molar-refractivity contribution is -0.00245. The van der Waals surface area contributed by atoms with Gasteiger partial charge in [-0.3, -0.25) is 0 Å². The van der Waals surface area contributed by atoms with Gasteiger partial charge in [-0.15, -0.1) is 0 Å². The minimum Gasteiger partial charge on any atom is -0.497 e. The Hall–Kier alpha value is -1.26. The van der Waals surface area contributed by atoms with E-state index < -0.39 is 0 Å². The molecule has 4 nitrogen and oxygen atoms in total. The Morgan fingerprint density at radius 2 is 2.18 bits per heavy atom. The van der Waals surface area contributed by atoms with E-state index in [0.717, 1.165) is 24.3 Å². The van der Waals surface area contributed by atoms with Crippen LogP contribution >= 0.6 is 0 Å². The molecule has 1 aliphatic rings. The molecule has 1 aromatic rings. The molecule has 0 saturated heterocycles. The standard InChI is InChI=1S/C13H20N2O2/c1-16-11-5-3-4-10(6-11)15-13(9-14)7-12(8-13)17-2/h3-6,12,15H,7-9,14H2,1-2H3. The SMILES string of the molecule is COc1cccc(NC2(CN)CC(OC)C2)c1. The second-order valence-corrected chi connectivity index (χ2v) is 4.61. The van der Waals surface area contributed by atoms with Gasteiger partial charge in [0.1, 0.15) is 5.75 Å². The van der Waals surface area contributed by atoms with Gasteiger partial charge in [0.2, 0.25) is 0 Å². The van der Waals surface area contributed by atoms with Crippen molar-refractivity contribution in [1.29, 1.82) is 0 Å². The van der Waals surface area contributed by atoms with E-state index in [1.165, 1.54) is 0 Å². The van der Waals surface area contributed by atoms with Gasteiger partial charge in [0.15, 0.2) is 0 Å². The largest absolute Gasteiger partial charge is 0.497 e. The number of hydrogen-bond acceptors (Lipinski definition) is 4. The van der Waals surface area contributed by atoms with Gasteiger partial charge in [-0.1, -0.05) is 6.07 Å². The number of rotatable bonds is 5. The molecule has 17 heavy (non-hydrogen) atoms. The second-order valence-electron chi connectivity index (χ2n) is 4.61. The average Bonchev–Trinajstić information content (AvgIpc) is 2.33. The fourth-order valence-corrected chi connectivity index (χ4v) is 2.31. The molecule has 0 amide bonds. The molecular formula is C13H20N2O2. The number of nitrogens with one attached hydrogen (secondary N) is 1. The molecule has 0 unspecified atom stereocenters. The van der Waals surface area contributed by atoms with E-state index in [0.29, 0.717) is 12.6 Å². The van der Waals surface area contributed by atoms with Crippen LogP contribution in [0, 0.1) is 0 Å². The van der Waals surface area contributed by atoms with Gasteiger partial charge in [-0.25, -0.2) is 0 Å². The Labute approximate surface area is 102 Å². The molecule has 0 atom stereocenters. The third kappa shape index (κ3) is 2.53. The molecule has 0 radical (unpaired) electrons. The van der Waals surface area contributed by atoms with Crippen molar-refractivity contribution in [2.45, 2.75) is 24.5 Å². The van der Waals surface area contributed by atoms with E-state index in [1.807, 2.05) is 24.3 Å². The topological polar surface area (TPSA) is 56.5 Å². The maximum atomic E-state index is 5.85. The van der Waals surface area contributed by atoms with Crippen molar-refractivity contribution in [3.8, 4) is 5.75 Å². The van der Waals surface area contributed by atoms with Crippen LogP contribution in [-0.4, -0.2) is 32.4 Å². The van der Waals surface area contributed by atoms with Crippen LogP contribution in [0.3, 0.4) is 0 Å². The molecule has 94 valence electrons. The minimum absolute atomic E-state index is 0.0208. The maximum absolute atomic E-state index is 5.85. The molecule has 0 bridgehead atoms. The van der Waals surface area contributed by atoms with Gasteiger partial charge < -0.3 is 20.5 Å². The predicted molar refractivity (Wildman–Crippen MR) is 68.4 cm³/mol. The number of hydrogen-bond donors (Lipinski definition) is 2. The van der Waals surface area contributed by atoms with Crippen LogP contribution in [0.5, 0.6) is 5.75 Å². The molecule has 1 aliphatic carbocycles. The van der Waals surface area contributed by atoms with Crippen LogP contribution < -0.4 is 15.8 Å². The van der Waals surface area contributed by atoms with E-state index in [-0.39, 0.29) is 5.54 Å². The zero-order chi connectivity index (χ0) is 12.3. The summed E-state index contributed by atoms with van der Waals surface area (Å²) >= 11 is 0. The Kier molecular flexibility index (Phi) is 3.54. The smallest absolute Gasteiger partial charge is 0.120 e. The molecular weight excluding hydrogens is 216 g/mol. The van der Waals surface area contributed by atoms with E-state index in [9.17, 15) is 0 Å². The van der Waals surface area contributed by atoms with E-state index in [1.54, 1.807) is 14.2 Å². The van der Waals surface area contributed by atoms with Crippen molar-refractivity contribution in [2.24, 2.45) is 5.73 Å². The van der Waals surface area contributed by atoms with Crippen molar-refractivity contribution in [2.75, 3.05) is 26.1 Å². The highest BCUT2D eigenvalue weighted by atomic mass is 16.5. The van der Waals surface area contributed by atoms with Crippen LogP contribution in [0.1, 0.15) is 12.8 Å². The summed E-state index contributed by atoms with van der Waals surface area (Å²) in [4.78, 5) is 0. The quantitative estimate of drug-likeness (QED) is 0.815. The summed E-state index contributed by atoms with van der Waals surface area (Å²) in [6.07, 6.45) is 2.24. The minimum atomic E-state index is -0.0208. The van der Waals surface area contributed by atoms with E-state index >= 15 is 0 Å². The van der Waals surface area contributed by atoms with Crippen molar-refractivity contribution < 1.29 is 9.47 Å². The molecule has 2 rings (SSSR count). The highest BCUT2D eigenvalue weighted by molar-refractivity contribution is 5.51. The molecule has 1 fully saturated rings. The van der Waals surface area contributed by atoms with Crippen molar-refractivity contribution >= 4 is 5.69 Å². The van der Waals surface area contributed by atoms with Gasteiger partial charge in [0.25, 0.3) is 0 Å². The summed E-state index contributed by atoms with van der Waals surface area (Å²) in [6.45, 7) is 0.615. The molecule has 0 spiro atoms. The summed E-state index contributed by atoms with van der Waals surface area (Å²) in [5.41, 5.74) is 6.88. The first-order valence-electron chi connectivity index (χ1n) is 5.86. The number of benzene rings is 1. The van der Waals surface area contributed by atoms with Crippen molar-refractivity contribution in [3.63, 3.8) is 0 Å². The maximum Gasteiger partial charge on any atom is 0.120 e. The Balaban J connectivity index is 2.04. The third-order valence-electron chi connectivity index (χ3n) is 3.44. The molecule has 3 N–H and O–H groups in total.